The maximum atomic E-state index is 12.2. The quantitative estimate of drug-likeness (QED) is 0.826. The minimum atomic E-state index is 0.0773. The predicted octanol–water partition coefficient (Wildman–Crippen LogP) is 1.03. The van der Waals surface area contributed by atoms with E-state index in [4.69, 9.17) is 0 Å². The third kappa shape index (κ3) is 3.80. The summed E-state index contributed by atoms with van der Waals surface area (Å²) in [5.41, 5.74) is 0.754. The molecule has 1 aliphatic heterocycles. The van der Waals surface area contributed by atoms with Gasteiger partial charge in [-0.25, -0.2) is 0 Å². The van der Waals surface area contributed by atoms with Crippen molar-refractivity contribution in [2.75, 3.05) is 39.8 Å². The lowest BCUT2D eigenvalue weighted by molar-refractivity contribution is -0.132. The van der Waals surface area contributed by atoms with E-state index in [9.17, 15) is 9.59 Å². The Kier molecular flexibility index (Phi) is 5.55. The topological polar surface area (TPSA) is 52.7 Å². The molecule has 1 aromatic rings. The number of carbonyl (C=O) groups excluding carboxylic acids is 2. The number of nitrogens with one attached hydrogen (secondary N) is 1. The van der Waals surface area contributed by atoms with Gasteiger partial charge in [0.25, 0.3) is 5.91 Å². The van der Waals surface area contributed by atoms with E-state index in [2.05, 4.69) is 5.32 Å². The molecule has 1 fully saturated rings. The van der Waals surface area contributed by atoms with Crippen molar-refractivity contribution < 1.29 is 9.59 Å². The molecule has 1 aliphatic rings. The molecule has 0 spiro atoms. The third-order valence-corrected chi connectivity index (χ3v) is 4.19. The van der Waals surface area contributed by atoms with Crippen LogP contribution in [0.15, 0.2) is 16.8 Å². The number of hydrogen-bond acceptors (Lipinski definition) is 4. The van der Waals surface area contributed by atoms with E-state index in [0.717, 1.165) is 18.5 Å². The average molecular weight is 295 g/mol. The Morgan fingerprint density at radius 3 is 2.55 bits per heavy atom. The number of amides is 2. The lowest BCUT2D eigenvalue weighted by Gasteiger charge is -2.34. The molecule has 0 radical (unpaired) electrons. The van der Waals surface area contributed by atoms with Crippen LogP contribution in [0.25, 0.3) is 0 Å². The van der Waals surface area contributed by atoms with E-state index in [1.165, 1.54) is 11.3 Å². The van der Waals surface area contributed by atoms with Crippen LogP contribution in [0.2, 0.25) is 0 Å². The van der Waals surface area contributed by atoms with E-state index in [0.29, 0.717) is 32.6 Å². The van der Waals surface area contributed by atoms with Crippen LogP contribution in [0, 0.1) is 0 Å². The fourth-order valence-electron chi connectivity index (χ4n) is 2.30. The van der Waals surface area contributed by atoms with Crippen LogP contribution in [0.1, 0.15) is 23.2 Å². The molecule has 0 atom stereocenters. The van der Waals surface area contributed by atoms with Crippen molar-refractivity contribution in [1.29, 1.82) is 0 Å². The maximum Gasteiger partial charge on any atom is 0.254 e. The van der Waals surface area contributed by atoms with Gasteiger partial charge in [-0.3, -0.25) is 9.59 Å². The molecule has 2 amide bonds. The average Bonchev–Trinajstić information content (AvgIpc) is 3.01. The first-order chi connectivity index (χ1) is 9.72. The van der Waals surface area contributed by atoms with Gasteiger partial charge in [0.05, 0.1) is 5.56 Å². The summed E-state index contributed by atoms with van der Waals surface area (Å²) in [6.45, 7) is 3.42. The summed E-state index contributed by atoms with van der Waals surface area (Å²) >= 11 is 1.53. The lowest BCUT2D eigenvalue weighted by Crippen LogP contribution is -2.50. The molecule has 110 valence electrons. The van der Waals surface area contributed by atoms with Gasteiger partial charge in [-0.15, -0.1) is 0 Å². The molecule has 5 nitrogen and oxygen atoms in total. The molecular formula is C14H21N3O2S. The van der Waals surface area contributed by atoms with Gasteiger partial charge in [-0.2, -0.15) is 11.3 Å². The Morgan fingerprint density at radius 1 is 1.25 bits per heavy atom. The highest BCUT2D eigenvalue weighted by atomic mass is 32.1. The molecular weight excluding hydrogens is 274 g/mol. The summed E-state index contributed by atoms with van der Waals surface area (Å²) in [4.78, 5) is 27.8. The molecule has 2 rings (SSSR count). The van der Waals surface area contributed by atoms with Crippen LogP contribution in [0.3, 0.4) is 0 Å². The predicted molar refractivity (Wildman–Crippen MR) is 80.0 cm³/mol. The Hall–Kier alpha value is -1.40. The molecule has 0 aromatic carbocycles. The minimum absolute atomic E-state index is 0.0773. The fraction of sp³-hybridized carbons (Fsp3) is 0.571. The first kappa shape index (κ1) is 15.0. The van der Waals surface area contributed by atoms with Crippen molar-refractivity contribution in [2.45, 2.75) is 12.8 Å². The maximum absolute atomic E-state index is 12.2. The summed E-state index contributed by atoms with van der Waals surface area (Å²) < 4.78 is 0. The van der Waals surface area contributed by atoms with Crippen LogP contribution in [-0.2, 0) is 4.79 Å². The van der Waals surface area contributed by atoms with E-state index in [1.807, 2.05) is 33.7 Å². The molecule has 0 aliphatic carbocycles. The zero-order valence-electron chi connectivity index (χ0n) is 11.8. The lowest BCUT2D eigenvalue weighted by atomic mass is 10.2. The summed E-state index contributed by atoms with van der Waals surface area (Å²) in [5, 5.41) is 6.83. The molecule has 1 saturated heterocycles. The summed E-state index contributed by atoms with van der Waals surface area (Å²) in [5.74, 6) is 0.274. The smallest absolute Gasteiger partial charge is 0.254 e. The Balaban J connectivity index is 1.77. The first-order valence-corrected chi connectivity index (χ1v) is 7.90. The van der Waals surface area contributed by atoms with Crippen LogP contribution in [-0.4, -0.2) is 61.4 Å². The highest BCUT2D eigenvalue weighted by Gasteiger charge is 2.24. The standard InChI is InChI=1S/C14H21N3O2S/c1-15-5-2-3-13(18)16-6-8-17(9-7-16)14(19)12-4-10-20-11-12/h4,10-11,15H,2-3,5-9H2,1H3. The molecule has 1 N–H and O–H groups in total. The third-order valence-electron chi connectivity index (χ3n) is 3.51. The van der Waals surface area contributed by atoms with Gasteiger partial charge in [-0.1, -0.05) is 0 Å². The molecule has 1 aromatic heterocycles. The Labute approximate surface area is 123 Å². The minimum Gasteiger partial charge on any atom is -0.339 e. The molecule has 2 heterocycles. The number of hydrogen-bond donors (Lipinski definition) is 1. The van der Waals surface area contributed by atoms with Gasteiger partial charge < -0.3 is 15.1 Å². The second kappa shape index (κ2) is 7.40. The number of rotatable bonds is 5. The van der Waals surface area contributed by atoms with E-state index in [1.54, 1.807) is 0 Å². The van der Waals surface area contributed by atoms with E-state index >= 15 is 0 Å². The highest BCUT2D eigenvalue weighted by Crippen LogP contribution is 2.12. The number of nitrogens with zero attached hydrogens (tertiary/aromatic N) is 2. The monoisotopic (exact) mass is 295 g/mol. The molecule has 20 heavy (non-hydrogen) atoms. The number of piperazine rings is 1. The zero-order valence-corrected chi connectivity index (χ0v) is 12.6. The zero-order chi connectivity index (χ0) is 14.4. The van der Waals surface area contributed by atoms with Crippen molar-refractivity contribution in [3.8, 4) is 0 Å². The van der Waals surface area contributed by atoms with E-state index < -0.39 is 0 Å². The van der Waals surface area contributed by atoms with Gasteiger partial charge in [0.2, 0.25) is 5.91 Å². The van der Waals surface area contributed by atoms with Crippen molar-refractivity contribution in [2.24, 2.45) is 0 Å². The van der Waals surface area contributed by atoms with Crippen molar-refractivity contribution in [1.82, 2.24) is 15.1 Å². The van der Waals surface area contributed by atoms with Gasteiger partial charge in [-0.05, 0) is 31.5 Å². The first-order valence-electron chi connectivity index (χ1n) is 6.96. The van der Waals surface area contributed by atoms with Crippen molar-refractivity contribution in [3.05, 3.63) is 22.4 Å². The Morgan fingerprint density at radius 2 is 1.95 bits per heavy atom. The van der Waals surface area contributed by atoms with Gasteiger partial charge in [0.1, 0.15) is 0 Å². The van der Waals surface area contributed by atoms with Crippen LogP contribution < -0.4 is 5.32 Å². The second-order valence-corrected chi connectivity index (χ2v) is 5.67. The SMILES string of the molecule is CNCCCC(=O)N1CCN(C(=O)c2ccsc2)CC1. The highest BCUT2D eigenvalue weighted by molar-refractivity contribution is 7.08. The largest absolute Gasteiger partial charge is 0.339 e. The van der Waals surface area contributed by atoms with Gasteiger partial charge >= 0.3 is 0 Å². The van der Waals surface area contributed by atoms with Gasteiger partial charge in [0.15, 0.2) is 0 Å². The van der Waals surface area contributed by atoms with Crippen LogP contribution in [0.4, 0.5) is 0 Å². The number of carbonyl (C=O) groups is 2. The van der Waals surface area contributed by atoms with Gasteiger partial charge in [0, 0.05) is 38.0 Å². The van der Waals surface area contributed by atoms with E-state index in [-0.39, 0.29) is 11.8 Å². The van der Waals surface area contributed by atoms with Crippen LogP contribution >= 0.6 is 11.3 Å². The number of thiophene rings is 1. The summed E-state index contributed by atoms with van der Waals surface area (Å²) in [6, 6.07) is 1.85. The van der Waals surface area contributed by atoms with Crippen molar-refractivity contribution >= 4 is 23.2 Å². The fourth-order valence-corrected chi connectivity index (χ4v) is 2.93. The Bertz CT molecular complexity index is 439. The normalized spacial score (nSPS) is 15.4. The summed E-state index contributed by atoms with van der Waals surface area (Å²) in [6.07, 6.45) is 1.45. The molecule has 0 bridgehead atoms. The van der Waals surface area contributed by atoms with Crippen LogP contribution in [0.5, 0.6) is 0 Å². The summed E-state index contributed by atoms with van der Waals surface area (Å²) in [7, 11) is 1.89. The molecule has 0 unspecified atom stereocenters. The van der Waals surface area contributed by atoms with Crippen molar-refractivity contribution in [3.63, 3.8) is 0 Å². The second-order valence-electron chi connectivity index (χ2n) is 4.89. The molecule has 6 heteroatoms. The molecule has 0 saturated carbocycles.